The molecule has 2 heterocycles. The second kappa shape index (κ2) is 9.01. The van der Waals surface area contributed by atoms with E-state index in [0.29, 0.717) is 22.5 Å². The summed E-state index contributed by atoms with van der Waals surface area (Å²) in [7, 11) is 0. The number of benzene rings is 2. The van der Waals surface area contributed by atoms with Gasteiger partial charge in [0.05, 0.1) is 22.3 Å². The molecule has 0 bridgehead atoms. The lowest BCUT2D eigenvalue weighted by Gasteiger charge is -2.14. The Kier molecular flexibility index (Phi) is 5.98. The van der Waals surface area contributed by atoms with Crippen LogP contribution in [0, 0.1) is 6.92 Å². The molecule has 1 atom stereocenters. The molecule has 2 aromatic carbocycles. The summed E-state index contributed by atoms with van der Waals surface area (Å²) < 4.78 is 10.8. The van der Waals surface area contributed by atoms with Crippen molar-refractivity contribution in [1.82, 2.24) is 10.1 Å². The van der Waals surface area contributed by atoms with Gasteiger partial charge in [-0.3, -0.25) is 4.79 Å². The fraction of sp³-hybridized carbons (Fsp3) is 0.200. The Morgan fingerprint density at radius 2 is 1.81 bits per heavy atom. The number of hydrogen-bond donors (Lipinski definition) is 1. The summed E-state index contributed by atoms with van der Waals surface area (Å²) in [6.45, 7) is 5.32. The van der Waals surface area contributed by atoms with Crippen LogP contribution in [-0.4, -0.2) is 28.1 Å². The lowest BCUT2D eigenvalue weighted by Crippen LogP contribution is -2.30. The van der Waals surface area contributed by atoms with Crippen LogP contribution in [0.15, 0.2) is 65.2 Å². The summed E-state index contributed by atoms with van der Waals surface area (Å²) in [5.41, 5.74) is 4.19. The first-order chi connectivity index (χ1) is 15.5. The maximum atomic E-state index is 13.0. The van der Waals surface area contributed by atoms with Crippen molar-refractivity contribution in [2.75, 3.05) is 5.32 Å². The van der Waals surface area contributed by atoms with Crippen LogP contribution in [0.2, 0.25) is 0 Å². The molecule has 0 saturated heterocycles. The van der Waals surface area contributed by atoms with Gasteiger partial charge in [0.2, 0.25) is 0 Å². The van der Waals surface area contributed by atoms with E-state index in [9.17, 15) is 9.59 Å². The van der Waals surface area contributed by atoms with Gasteiger partial charge in [0.1, 0.15) is 0 Å². The molecule has 4 rings (SSSR count). The van der Waals surface area contributed by atoms with Gasteiger partial charge in [-0.2, -0.15) is 0 Å². The van der Waals surface area contributed by atoms with Gasteiger partial charge >= 0.3 is 5.97 Å². The quantitative estimate of drug-likeness (QED) is 0.436. The number of pyridine rings is 1. The number of anilines is 1. The van der Waals surface area contributed by atoms with Crippen LogP contribution in [0.4, 0.5) is 5.69 Å². The third-order valence-corrected chi connectivity index (χ3v) is 5.19. The van der Waals surface area contributed by atoms with Crippen molar-refractivity contribution in [2.45, 2.75) is 33.3 Å². The minimum absolute atomic E-state index is 0.240. The zero-order valence-electron chi connectivity index (χ0n) is 18.1. The molecular formula is C25H23N3O4. The van der Waals surface area contributed by atoms with Crippen molar-refractivity contribution in [1.29, 1.82) is 0 Å². The highest BCUT2D eigenvalue weighted by molar-refractivity contribution is 6.05. The van der Waals surface area contributed by atoms with E-state index in [4.69, 9.17) is 9.26 Å². The van der Waals surface area contributed by atoms with E-state index < -0.39 is 18.0 Å². The number of hydrogen-bond acceptors (Lipinski definition) is 6. The van der Waals surface area contributed by atoms with Crippen LogP contribution in [0.5, 0.6) is 0 Å². The third kappa shape index (κ3) is 4.37. The summed E-state index contributed by atoms with van der Waals surface area (Å²) in [6.07, 6.45) is -0.0903. The predicted octanol–water partition coefficient (Wildman–Crippen LogP) is 4.94. The van der Waals surface area contributed by atoms with Crippen molar-refractivity contribution < 1.29 is 18.8 Å². The van der Waals surface area contributed by atoms with Crippen molar-refractivity contribution in [3.63, 3.8) is 0 Å². The van der Waals surface area contributed by atoms with E-state index in [1.54, 1.807) is 13.0 Å². The first kappa shape index (κ1) is 21.2. The number of carbonyl (C=O) groups is 2. The molecule has 1 amide bonds. The van der Waals surface area contributed by atoms with Crippen molar-refractivity contribution in [3.05, 3.63) is 77.5 Å². The number of fused-ring (bicyclic) bond motifs is 1. The summed E-state index contributed by atoms with van der Waals surface area (Å²) in [5, 5.41) is 7.17. The molecule has 0 aliphatic heterocycles. The monoisotopic (exact) mass is 429 g/mol. The van der Waals surface area contributed by atoms with Crippen molar-refractivity contribution >= 4 is 28.7 Å². The number of ether oxygens (including phenoxy) is 1. The third-order valence-electron chi connectivity index (χ3n) is 5.19. The average Bonchev–Trinajstić information content (AvgIpc) is 3.20. The van der Waals surface area contributed by atoms with Gasteiger partial charge in [-0.15, -0.1) is 0 Å². The second-order valence-corrected chi connectivity index (χ2v) is 7.46. The van der Waals surface area contributed by atoms with E-state index in [1.807, 2.05) is 54.6 Å². The number of esters is 1. The topological polar surface area (TPSA) is 94.3 Å². The molecule has 0 spiro atoms. The second-order valence-electron chi connectivity index (χ2n) is 7.46. The Labute approximate surface area is 185 Å². The van der Waals surface area contributed by atoms with Gasteiger partial charge in [0.15, 0.2) is 6.10 Å². The minimum atomic E-state index is -1.00. The maximum Gasteiger partial charge on any atom is 0.339 e. The summed E-state index contributed by atoms with van der Waals surface area (Å²) in [6, 6.07) is 18.6. The van der Waals surface area contributed by atoms with Crippen LogP contribution in [0.25, 0.3) is 22.4 Å². The molecule has 0 aliphatic rings. The summed E-state index contributed by atoms with van der Waals surface area (Å²) in [5.74, 6) is -1.07. The smallest absolute Gasteiger partial charge is 0.339 e. The van der Waals surface area contributed by atoms with Crippen LogP contribution in [0.3, 0.4) is 0 Å². The zero-order chi connectivity index (χ0) is 22.7. The maximum absolute atomic E-state index is 13.0. The van der Waals surface area contributed by atoms with Crippen molar-refractivity contribution in [2.24, 2.45) is 0 Å². The van der Waals surface area contributed by atoms with Crippen molar-refractivity contribution in [3.8, 4) is 11.3 Å². The van der Waals surface area contributed by atoms with Crippen LogP contribution >= 0.6 is 0 Å². The largest absolute Gasteiger partial charge is 0.449 e. The molecule has 1 N–H and O–H groups in total. The molecule has 0 aliphatic carbocycles. The standard InChI is InChI=1S/C25H23N3O4/c1-4-17-10-12-19(13-11-17)26-23(29)16(3)31-25(30)20-14-21(18-8-6-5-7-9-18)27-24-22(20)15(2)28-32-24/h5-14,16H,4H2,1-3H3,(H,26,29). The van der Waals surface area contributed by atoms with Crippen LogP contribution in [0.1, 0.15) is 35.5 Å². The zero-order valence-corrected chi connectivity index (χ0v) is 18.1. The highest BCUT2D eigenvalue weighted by Gasteiger charge is 2.24. The van der Waals surface area contributed by atoms with Gasteiger partial charge in [-0.1, -0.05) is 54.5 Å². The lowest BCUT2D eigenvalue weighted by atomic mass is 10.1. The Morgan fingerprint density at radius 3 is 2.50 bits per heavy atom. The molecule has 162 valence electrons. The highest BCUT2D eigenvalue weighted by atomic mass is 16.5. The first-order valence-corrected chi connectivity index (χ1v) is 10.4. The van der Waals surface area contributed by atoms with Gasteiger partial charge in [-0.25, -0.2) is 9.78 Å². The van der Waals surface area contributed by atoms with E-state index in [2.05, 4.69) is 22.4 Å². The number of carbonyl (C=O) groups excluding carboxylic acids is 2. The number of nitrogens with one attached hydrogen (secondary N) is 1. The number of nitrogens with zero attached hydrogens (tertiary/aromatic N) is 2. The van der Waals surface area contributed by atoms with Gasteiger partial charge < -0.3 is 14.6 Å². The minimum Gasteiger partial charge on any atom is -0.449 e. The normalized spacial score (nSPS) is 11.8. The lowest BCUT2D eigenvalue weighted by molar-refractivity contribution is -0.123. The number of aromatic nitrogens is 2. The van der Waals surface area contributed by atoms with Gasteiger partial charge in [-0.05, 0) is 44.0 Å². The highest BCUT2D eigenvalue weighted by Crippen LogP contribution is 2.27. The molecular weight excluding hydrogens is 406 g/mol. The molecule has 0 saturated carbocycles. The van der Waals surface area contributed by atoms with Gasteiger partial charge in [0.25, 0.3) is 11.6 Å². The van der Waals surface area contributed by atoms with Crippen LogP contribution in [-0.2, 0) is 16.0 Å². The Bertz CT molecular complexity index is 1260. The van der Waals surface area contributed by atoms with E-state index in [0.717, 1.165) is 12.0 Å². The van der Waals surface area contributed by atoms with Crippen LogP contribution < -0.4 is 5.32 Å². The first-order valence-electron chi connectivity index (χ1n) is 10.4. The summed E-state index contributed by atoms with van der Waals surface area (Å²) >= 11 is 0. The van der Waals surface area contributed by atoms with Gasteiger partial charge in [0, 0.05) is 11.3 Å². The Balaban J connectivity index is 1.57. The van der Waals surface area contributed by atoms with E-state index >= 15 is 0 Å². The predicted molar refractivity (Wildman–Crippen MR) is 121 cm³/mol. The molecule has 7 heteroatoms. The Morgan fingerprint density at radius 1 is 1.09 bits per heavy atom. The van der Waals surface area contributed by atoms with E-state index in [1.165, 1.54) is 12.5 Å². The molecule has 1 unspecified atom stereocenters. The fourth-order valence-electron chi connectivity index (χ4n) is 3.36. The molecule has 0 fully saturated rings. The molecule has 7 nitrogen and oxygen atoms in total. The molecule has 4 aromatic rings. The average molecular weight is 429 g/mol. The number of rotatable bonds is 6. The van der Waals surface area contributed by atoms with E-state index in [-0.39, 0.29) is 11.3 Å². The Hall–Kier alpha value is -4.00. The number of aryl methyl sites for hydroxylation is 2. The fourth-order valence-corrected chi connectivity index (χ4v) is 3.36. The summed E-state index contributed by atoms with van der Waals surface area (Å²) in [4.78, 5) is 30.1. The molecule has 0 radical (unpaired) electrons. The number of amides is 1. The molecule has 2 aromatic heterocycles. The molecule has 32 heavy (non-hydrogen) atoms. The SMILES string of the molecule is CCc1ccc(NC(=O)C(C)OC(=O)c2cc(-c3ccccc3)nc3onc(C)c23)cc1.